The second-order valence-corrected chi connectivity index (χ2v) is 3.59. The lowest BCUT2D eigenvalue weighted by atomic mass is 10.4. The number of aromatic nitrogens is 2. The number of nitriles is 1. The fraction of sp³-hybridized carbons (Fsp3) is 0.545. The van der Waals surface area contributed by atoms with E-state index in [0.29, 0.717) is 18.2 Å². The molecule has 1 rings (SSSR count). The number of aryl methyl sites for hydroxylation is 1. The van der Waals surface area contributed by atoms with E-state index in [-0.39, 0.29) is 0 Å². The van der Waals surface area contributed by atoms with Gasteiger partial charge in [-0.15, -0.1) is 0 Å². The Morgan fingerprint density at radius 1 is 1.53 bits per heavy atom. The van der Waals surface area contributed by atoms with Crippen LogP contribution in [0.3, 0.4) is 0 Å². The van der Waals surface area contributed by atoms with Gasteiger partial charge < -0.3 is 10.1 Å². The van der Waals surface area contributed by atoms with Crippen LogP contribution in [0, 0.1) is 18.4 Å². The third-order valence-corrected chi connectivity index (χ3v) is 2.15. The predicted molar refractivity (Wildman–Crippen MR) is 65.8 cm³/mol. The fourth-order valence-electron chi connectivity index (χ4n) is 1.30. The zero-order valence-electron chi connectivity index (χ0n) is 10.4. The average Bonchev–Trinajstić information content (AvgIpc) is 2.33. The smallest absolute Gasteiger partial charge is 0.185 e. The largest absolute Gasteiger partial charge is 0.385 e. The molecule has 0 radical (unpaired) electrons. The first-order valence-electron chi connectivity index (χ1n) is 5.39. The molecule has 0 aromatic carbocycles. The maximum Gasteiger partial charge on any atom is 0.185 e. The van der Waals surface area contributed by atoms with Crippen LogP contribution >= 0.6 is 0 Å². The summed E-state index contributed by atoms with van der Waals surface area (Å²) >= 11 is 0. The third kappa shape index (κ3) is 4.25. The van der Waals surface area contributed by atoms with Gasteiger partial charge in [0.05, 0.1) is 0 Å². The first-order chi connectivity index (χ1) is 8.17. The van der Waals surface area contributed by atoms with Gasteiger partial charge in [0.2, 0.25) is 0 Å². The average molecular weight is 235 g/mol. The van der Waals surface area contributed by atoms with Crippen LogP contribution in [0.2, 0.25) is 0 Å². The summed E-state index contributed by atoms with van der Waals surface area (Å²) in [5.74, 6) is 1.96. The van der Waals surface area contributed by atoms with Crippen molar-refractivity contribution in [2.45, 2.75) is 13.3 Å². The highest BCUT2D eigenvalue weighted by molar-refractivity contribution is 5.51. The minimum absolute atomic E-state index is 0.592. The SMILES string of the molecule is COCCCNc1cc(N(C)C#N)nc(C)n1. The summed E-state index contributed by atoms with van der Waals surface area (Å²) in [4.78, 5) is 9.82. The molecule has 6 heteroatoms. The molecule has 0 saturated heterocycles. The van der Waals surface area contributed by atoms with E-state index >= 15 is 0 Å². The Bertz CT molecular complexity index is 401. The summed E-state index contributed by atoms with van der Waals surface area (Å²) in [7, 11) is 3.34. The summed E-state index contributed by atoms with van der Waals surface area (Å²) < 4.78 is 4.96. The van der Waals surface area contributed by atoms with Gasteiger partial charge >= 0.3 is 0 Å². The van der Waals surface area contributed by atoms with Gasteiger partial charge in [0.1, 0.15) is 17.5 Å². The molecule has 6 nitrogen and oxygen atoms in total. The minimum Gasteiger partial charge on any atom is -0.385 e. The molecule has 0 bridgehead atoms. The van der Waals surface area contributed by atoms with E-state index in [1.54, 1.807) is 27.1 Å². The number of hydrogen-bond donors (Lipinski definition) is 1. The van der Waals surface area contributed by atoms with Crippen LogP contribution in [-0.4, -0.2) is 37.3 Å². The van der Waals surface area contributed by atoms with Gasteiger partial charge in [0, 0.05) is 33.4 Å². The normalized spacial score (nSPS) is 9.76. The topological polar surface area (TPSA) is 74.1 Å². The van der Waals surface area contributed by atoms with Crippen LogP contribution in [0.5, 0.6) is 0 Å². The van der Waals surface area contributed by atoms with Crippen molar-refractivity contribution in [3.8, 4) is 6.19 Å². The molecule has 17 heavy (non-hydrogen) atoms. The summed E-state index contributed by atoms with van der Waals surface area (Å²) in [6.07, 6.45) is 2.91. The van der Waals surface area contributed by atoms with Crippen LogP contribution in [0.1, 0.15) is 12.2 Å². The van der Waals surface area contributed by atoms with Crippen LogP contribution in [0.15, 0.2) is 6.07 Å². The third-order valence-electron chi connectivity index (χ3n) is 2.15. The molecular weight excluding hydrogens is 218 g/mol. The molecule has 0 spiro atoms. The molecule has 92 valence electrons. The lowest BCUT2D eigenvalue weighted by Gasteiger charge is -2.11. The molecule has 1 aromatic heterocycles. The van der Waals surface area contributed by atoms with Crippen molar-refractivity contribution in [2.24, 2.45) is 0 Å². The zero-order valence-corrected chi connectivity index (χ0v) is 10.4. The van der Waals surface area contributed by atoms with Crippen molar-refractivity contribution in [3.63, 3.8) is 0 Å². The number of anilines is 2. The van der Waals surface area contributed by atoms with E-state index < -0.39 is 0 Å². The number of rotatable bonds is 6. The molecule has 0 atom stereocenters. The summed E-state index contributed by atoms with van der Waals surface area (Å²) in [5.41, 5.74) is 0. The van der Waals surface area contributed by atoms with E-state index in [1.807, 2.05) is 6.19 Å². The summed E-state index contributed by atoms with van der Waals surface area (Å²) in [6, 6.07) is 1.75. The number of methoxy groups -OCH3 is 1. The van der Waals surface area contributed by atoms with Gasteiger partial charge in [0.15, 0.2) is 6.19 Å². The maximum atomic E-state index is 8.79. The van der Waals surface area contributed by atoms with Crippen LogP contribution < -0.4 is 10.2 Å². The summed E-state index contributed by atoms with van der Waals surface area (Å²) in [6.45, 7) is 3.29. The molecular formula is C11H17N5O. The molecule has 0 amide bonds. The molecule has 1 heterocycles. The van der Waals surface area contributed by atoms with E-state index in [2.05, 4.69) is 15.3 Å². The Balaban J connectivity index is 2.66. The van der Waals surface area contributed by atoms with E-state index in [4.69, 9.17) is 10.00 Å². The Labute approximate surface area is 101 Å². The van der Waals surface area contributed by atoms with E-state index in [9.17, 15) is 0 Å². The Kier molecular flexibility index (Phi) is 5.17. The van der Waals surface area contributed by atoms with Gasteiger partial charge in [-0.1, -0.05) is 0 Å². The molecule has 0 fully saturated rings. The fourth-order valence-corrected chi connectivity index (χ4v) is 1.30. The number of nitrogens with zero attached hydrogens (tertiary/aromatic N) is 4. The van der Waals surface area contributed by atoms with Crippen LogP contribution in [0.25, 0.3) is 0 Å². The van der Waals surface area contributed by atoms with Crippen molar-refractivity contribution in [2.75, 3.05) is 37.5 Å². The number of nitrogens with one attached hydrogen (secondary N) is 1. The highest BCUT2D eigenvalue weighted by atomic mass is 16.5. The Hall–Kier alpha value is -1.87. The standard InChI is InChI=1S/C11H17N5O/c1-9-14-10(13-5-4-6-17-3)7-11(15-9)16(2)8-12/h7H,4-6H2,1-3H3,(H,13,14,15). The van der Waals surface area contributed by atoms with Gasteiger partial charge in [0.25, 0.3) is 0 Å². The second-order valence-electron chi connectivity index (χ2n) is 3.59. The number of hydrogen-bond acceptors (Lipinski definition) is 6. The number of ether oxygens (including phenoxy) is 1. The molecule has 0 saturated carbocycles. The van der Waals surface area contributed by atoms with E-state index in [1.165, 1.54) is 4.90 Å². The quantitative estimate of drug-likeness (QED) is 0.453. The molecule has 0 unspecified atom stereocenters. The molecule has 0 aliphatic carbocycles. The van der Waals surface area contributed by atoms with Crippen LogP contribution in [-0.2, 0) is 4.74 Å². The second kappa shape index (κ2) is 6.66. The monoisotopic (exact) mass is 235 g/mol. The lowest BCUT2D eigenvalue weighted by molar-refractivity contribution is 0.198. The van der Waals surface area contributed by atoms with Crippen molar-refractivity contribution in [1.82, 2.24) is 9.97 Å². The van der Waals surface area contributed by atoms with Gasteiger partial charge in [-0.2, -0.15) is 5.26 Å². The Morgan fingerprint density at radius 2 is 2.29 bits per heavy atom. The van der Waals surface area contributed by atoms with Gasteiger partial charge in [-0.25, -0.2) is 9.97 Å². The molecule has 1 N–H and O–H groups in total. The van der Waals surface area contributed by atoms with Gasteiger partial charge in [-0.3, -0.25) is 4.90 Å². The maximum absolute atomic E-state index is 8.79. The first-order valence-corrected chi connectivity index (χ1v) is 5.39. The highest BCUT2D eigenvalue weighted by Crippen LogP contribution is 2.13. The highest BCUT2D eigenvalue weighted by Gasteiger charge is 2.05. The zero-order chi connectivity index (χ0) is 12.7. The van der Waals surface area contributed by atoms with Crippen molar-refractivity contribution >= 4 is 11.6 Å². The lowest BCUT2D eigenvalue weighted by Crippen LogP contribution is -2.13. The molecule has 0 aliphatic heterocycles. The molecule has 0 aliphatic rings. The minimum atomic E-state index is 0.592. The van der Waals surface area contributed by atoms with Crippen molar-refractivity contribution in [3.05, 3.63) is 11.9 Å². The van der Waals surface area contributed by atoms with E-state index in [0.717, 1.165) is 18.8 Å². The van der Waals surface area contributed by atoms with Crippen molar-refractivity contribution in [1.29, 1.82) is 5.26 Å². The summed E-state index contributed by atoms with van der Waals surface area (Å²) in [5, 5.41) is 12.0. The first kappa shape index (κ1) is 13.2. The van der Waals surface area contributed by atoms with Crippen LogP contribution in [0.4, 0.5) is 11.6 Å². The van der Waals surface area contributed by atoms with Crippen molar-refractivity contribution < 1.29 is 4.74 Å². The predicted octanol–water partition coefficient (Wildman–Crippen LogP) is 1.15. The Morgan fingerprint density at radius 3 is 2.94 bits per heavy atom. The van der Waals surface area contributed by atoms with Gasteiger partial charge in [-0.05, 0) is 13.3 Å². The molecule has 1 aromatic rings.